The molecule has 5 N–H and O–H groups in total. The van der Waals surface area contributed by atoms with Gasteiger partial charge in [-0.25, -0.2) is 4.79 Å². The Morgan fingerprint density at radius 2 is 1.84 bits per heavy atom. The van der Waals surface area contributed by atoms with Gasteiger partial charge in [0.2, 0.25) is 5.95 Å². The molecule has 3 rings (SSSR count). The first-order valence-electron chi connectivity index (χ1n) is 6.73. The summed E-state index contributed by atoms with van der Waals surface area (Å²) in [5.74, 6) is -0.765. The second kappa shape index (κ2) is 8.22. The van der Waals surface area contributed by atoms with E-state index in [-0.39, 0.29) is 17.3 Å². The van der Waals surface area contributed by atoms with Crippen molar-refractivity contribution in [3.05, 3.63) is 58.3 Å². The van der Waals surface area contributed by atoms with E-state index >= 15 is 0 Å². The average Bonchev–Trinajstić information content (AvgIpc) is 2.59. The van der Waals surface area contributed by atoms with Crippen LogP contribution in [0.2, 0.25) is 10.0 Å². The van der Waals surface area contributed by atoms with Crippen LogP contribution in [-0.2, 0) is 0 Å². The van der Waals surface area contributed by atoms with Crippen LogP contribution in [0.1, 0.15) is 10.4 Å². The molecule has 8 nitrogen and oxygen atoms in total. The first kappa shape index (κ1) is 18.4. The van der Waals surface area contributed by atoms with Gasteiger partial charge >= 0.3 is 5.97 Å². The molecule has 0 saturated carbocycles. The first-order valence-corrected chi connectivity index (χ1v) is 7.49. The van der Waals surface area contributed by atoms with Gasteiger partial charge in [-0.2, -0.15) is 4.98 Å². The van der Waals surface area contributed by atoms with Gasteiger partial charge in [0, 0.05) is 18.0 Å². The van der Waals surface area contributed by atoms with Crippen molar-refractivity contribution in [2.75, 3.05) is 11.5 Å². The zero-order valence-corrected chi connectivity index (χ0v) is 14.1. The van der Waals surface area contributed by atoms with Gasteiger partial charge in [0.15, 0.2) is 5.82 Å². The molecule has 0 fully saturated rings. The number of benzene rings is 1. The number of nitrogens with zero attached hydrogens (tertiary/aromatic N) is 4. The average molecular weight is 379 g/mol. The normalized spacial score (nSPS) is 9.84. The summed E-state index contributed by atoms with van der Waals surface area (Å²) in [6, 6.07) is 8.22. The van der Waals surface area contributed by atoms with Gasteiger partial charge in [-0.1, -0.05) is 35.3 Å². The molecule has 0 spiro atoms. The summed E-state index contributed by atoms with van der Waals surface area (Å²) < 4.78 is 0. The Labute approximate surface area is 152 Å². The van der Waals surface area contributed by atoms with Gasteiger partial charge in [-0.15, -0.1) is 10.2 Å². The van der Waals surface area contributed by atoms with E-state index in [4.69, 9.17) is 39.8 Å². The molecule has 0 aliphatic rings. The molecular formula is C15H12Cl2N6O2. The lowest BCUT2D eigenvalue weighted by atomic mass is 10.1. The molecule has 0 saturated heterocycles. The van der Waals surface area contributed by atoms with Crippen LogP contribution in [-0.4, -0.2) is 31.2 Å². The molecule has 0 bridgehead atoms. The monoisotopic (exact) mass is 378 g/mol. The maximum Gasteiger partial charge on any atom is 0.337 e. The SMILES string of the molecule is Nc1nnc(-c2cccc(Cl)c2Cl)c(N)n1.O=C(O)c1cccnc1. The predicted octanol–water partition coefficient (Wildman–Crippen LogP) is 2.79. The van der Waals surface area contributed by atoms with Crippen LogP contribution in [0.5, 0.6) is 0 Å². The Kier molecular flexibility index (Phi) is 6.04. The smallest absolute Gasteiger partial charge is 0.337 e. The highest BCUT2D eigenvalue weighted by molar-refractivity contribution is 6.43. The molecule has 0 amide bonds. The van der Waals surface area contributed by atoms with Gasteiger partial charge in [0.25, 0.3) is 0 Å². The third kappa shape index (κ3) is 4.75. The molecule has 25 heavy (non-hydrogen) atoms. The number of nitrogens with two attached hydrogens (primary N) is 2. The van der Waals surface area contributed by atoms with E-state index in [1.807, 2.05) is 0 Å². The molecule has 0 unspecified atom stereocenters. The number of carbonyl (C=O) groups is 1. The van der Waals surface area contributed by atoms with Crippen LogP contribution in [0.4, 0.5) is 11.8 Å². The largest absolute Gasteiger partial charge is 0.478 e. The number of pyridine rings is 1. The van der Waals surface area contributed by atoms with Crippen molar-refractivity contribution in [2.24, 2.45) is 0 Å². The third-order valence-electron chi connectivity index (χ3n) is 2.85. The summed E-state index contributed by atoms with van der Waals surface area (Å²) >= 11 is 11.9. The van der Waals surface area contributed by atoms with E-state index < -0.39 is 5.97 Å². The van der Waals surface area contributed by atoms with Crippen LogP contribution in [0.25, 0.3) is 11.3 Å². The number of hydrogen-bond acceptors (Lipinski definition) is 7. The third-order valence-corrected chi connectivity index (χ3v) is 3.66. The Hall–Kier alpha value is -2.97. The van der Waals surface area contributed by atoms with Gasteiger partial charge in [0.05, 0.1) is 15.6 Å². The van der Waals surface area contributed by atoms with Gasteiger partial charge < -0.3 is 16.6 Å². The number of halogens is 2. The fourth-order valence-corrected chi connectivity index (χ4v) is 2.11. The fourth-order valence-electron chi connectivity index (χ4n) is 1.72. The van der Waals surface area contributed by atoms with Crippen molar-refractivity contribution in [3.63, 3.8) is 0 Å². The number of rotatable bonds is 2. The summed E-state index contributed by atoms with van der Waals surface area (Å²) in [6.07, 6.45) is 2.84. The van der Waals surface area contributed by atoms with Crippen molar-refractivity contribution in [1.82, 2.24) is 20.2 Å². The van der Waals surface area contributed by atoms with Crippen LogP contribution in [0, 0.1) is 0 Å². The number of aromatic carboxylic acids is 1. The van der Waals surface area contributed by atoms with Crippen LogP contribution >= 0.6 is 23.2 Å². The highest BCUT2D eigenvalue weighted by Crippen LogP contribution is 2.34. The van der Waals surface area contributed by atoms with Crippen LogP contribution in [0.3, 0.4) is 0 Å². The van der Waals surface area contributed by atoms with Crippen molar-refractivity contribution in [1.29, 1.82) is 0 Å². The molecular weight excluding hydrogens is 367 g/mol. The minimum absolute atomic E-state index is 0.0133. The van der Waals surface area contributed by atoms with Crippen LogP contribution in [0.15, 0.2) is 42.7 Å². The van der Waals surface area contributed by atoms with E-state index in [1.165, 1.54) is 18.5 Å². The van der Waals surface area contributed by atoms with Crippen LogP contribution < -0.4 is 11.5 Å². The number of carboxylic acid groups (broad SMARTS) is 1. The van der Waals surface area contributed by atoms with Gasteiger partial charge in [0.1, 0.15) is 5.69 Å². The van der Waals surface area contributed by atoms with Gasteiger partial charge in [-0.3, -0.25) is 4.98 Å². The first-order chi connectivity index (χ1) is 11.9. The van der Waals surface area contributed by atoms with E-state index in [0.29, 0.717) is 21.3 Å². The summed E-state index contributed by atoms with van der Waals surface area (Å²) in [5, 5.41) is 16.6. The molecule has 0 aliphatic carbocycles. The lowest BCUT2D eigenvalue weighted by molar-refractivity contribution is 0.0696. The van der Waals surface area contributed by atoms with Crippen molar-refractivity contribution >= 4 is 40.9 Å². The summed E-state index contributed by atoms with van der Waals surface area (Å²) in [6.45, 7) is 0. The maximum atomic E-state index is 10.2. The van der Waals surface area contributed by atoms with E-state index in [0.717, 1.165) is 0 Å². The van der Waals surface area contributed by atoms with Crippen molar-refractivity contribution < 1.29 is 9.90 Å². The molecule has 0 atom stereocenters. The number of hydrogen-bond donors (Lipinski definition) is 3. The molecule has 2 aromatic heterocycles. The molecule has 128 valence electrons. The minimum atomic E-state index is -0.942. The van der Waals surface area contributed by atoms with Crippen molar-refractivity contribution in [3.8, 4) is 11.3 Å². The Balaban J connectivity index is 0.000000212. The highest BCUT2D eigenvalue weighted by atomic mass is 35.5. The van der Waals surface area contributed by atoms with E-state index in [9.17, 15) is 4.79 Å². The fraction of sp³-hybridized carbons (Fsp3) is 0. The lowest BCUT2D eigenvalue weighted by Crippen LogP contribution is -2.04. The Morgan fingerprint density at radius 1 is 1.08 bits per heavy atom. The molecule has 1 aromatic carbocycles. The summed E-state index contributed by atoms with van der Waals surface area (Å²) in [4.78, 5) is 17.6. The number of aromatic nitrogens is 4. The maximum absolute atomic E-state index is 10.2. The molecule has 0 aliphatic heterocycles. The summed E-state index contributed by atoms with van der Waals surface area (Å²) in [7, 11) is 0. The highest BCUT2D eigenvalue weighted by Gasteiger charge is 2.12. The molecule has 2 heterocycles. The standard InChI is InChI=1S/C9H7Cl2N5.C6H5NO2/c10-5-3-1-2-4(6(5)11)7-8(12)14-9(13)16-15-7;8-6(9)5-2-1-3-7-4-5/h1-3H,(H4,12,13,14,16);1-4H,(H,8,9). The quantitative estimate of drug-likeness (QED) is 0.617. The van der Waals surface area contributed by atoms with E-state index in [2.05, 4.69) is 20.2 Å². The number of anilines is 2. The minimum Gasteiger partial charge on any atom is -0.478 e. The van der Waals surface area contributed by atoms with Crippen molar-refractivity contribution in [2.45, 2.75) is 0 Å². The number of nitrogen functional groups attached to an aromatic ring is 2. The topological polar surface area (TPSA) is 141 Å². The Morgan fingerprint density at radius 3 is 2.40 bits per heavy atom. The lowest BCUT2D eigenvalue weighted by Gasteiger charge is -2.06. The molecule has 0 radical (unpaired) electrons. The Bertz CT molecular complexity index is 892. The van der Waals surface area contributed by atoms with E-state index in [1.54, 1.807) is 24.3 Å². The summed E-state index contributed by atoms with van der Waals surface area (Å²) in [5.41, 5.74) is 12.2. The molecule has 10 heteroatoms. The zero-order chi connectivity index (χ0) is 18.4. The van der Waals surface area contributed by atoms with Gasteiger partial charge in [-0.05, 0) is 18.2 Å². The predicted molar refractivity (Wildman–Crippen MR) is 95.3 cm³/mol. The number of carboxylic acids is 1. The second-order valence-electron chi connectivity index (χ2n) is 4.55. The second-order valence-corrected chi connectivity index (χ2v) is 5.34. The zero-order valence-electron chi connectivity index (χ0n) is 12.6. The molecule has 3 aromatic rings.